The number of halogens is 1. The highest BCUT2D eigenvalue weighted by atomic mass is 35.5. The number of nitrogens with two attached hydrogens (primary N) is 1. The Morgan fingerprint density at radius 3 is 2.95 bits per heavy atom. The van der Waals surface area contributed by atoms with Crippen LogP contribution in [0.15, 0.2) is 18.2 Å². The van der Waals surface area contributed by atoms with Gasteiger partial charge < -0.3 is 16.4 Å². The van der Waals surface area contributed by atoms with Crippen LogP contribution in [0.3, 0.4) is 0 Å². The number of carbonyl (C=O) groups excluding carboxylic acids is 2. The van der Waals surface area contributed by atoms with Crippen molar-refractivity contribution in [1.82, 2.24) is 10.6 Å². The van der Waals surface area contributed by atoms with Gasteiger partial charge in [0.2, 0.25) is 5.91 Å². The zero-order chi connectivity index (χ0) is 13.8. The molecule has 1 saturated heterocycles. The maximum atomic E-state index is 12.0. The van der Waals surface area contributed by atoms with Gasteiger partial charge in [0.1, 0.15) is 6.04 Å². The van der Waals surface area contributed by atoms with Gasteiger partial charge in [-0.3, -0.25) is 9.59 Å². The van der Waals surface area contributed by atoms with Crippen molar-refractivity contribution in [2.24, 2.45) is 0 Å². The first-order chi connectivity index (χ1) is 9.08. The van der Waals surface area contributed by atoms with Crippen LogP contribution in [0.2, 0.25) is 5.02 Å². The number of hydrogen-bond donors (Lipinski definition) is 3. The lowest BCUT2D eigenvalue weighted by Gasteiger charge is -2.15. The van der Waals surface area contributed by atoms with Crippen LogP contribution < -0.4 is 16.4 Å². The summed E-state index contributed by atoms with van der Waals surface area (Å²) in [6.45, 7) is 0.666. The van der Waals surface area contributed by atoms with Gasteiger partial charge >= 0.3 is 0 Å². The van der Waals surface area contributed by atoms with Crippen LogP contribution >= 0.6 is 11.6 Å². The summed E-state index contributed by atoms with van der Waals surface area (Å²) in [4.78, 5) is 23.8. The van der Waals surface area contributed by atoms with E-state index in [1.807, 2.05) is 0 Å². The molecule has 1 heterocycles. The standard InChI is InChI=1S/C13H16ClN3O2/c14-9-7-8(4-5-10(9)15)12(18)17-11-3-1-2-6-16-13(11)19/h4-5,7,11H,1-3,6,15H2,(H,16,19)(H,17,18). The van der Waals surface area contributed by atoms with Gasteiger partial charge in [0.05, 0.1) is 10.7 Å². The fourth-order valence-electron chi connectivity index (χ4n) is 1.99. The molecule has 1 unspecified atom stereocenters. The van der Waals surface area contributed by atoms with Crippen molar-refractivity contribution < 1.29 is 9.59 Å². The largest absolute Gasteiger partial charge is 0.398 e. The van der Waals surface area contributed by atoms with Crippen LogP contribution in [0.4, 0.5) is 5.69 Å². The SMILES string of the molecule is Nc1ccc(C(=O)NC2CCCCNC2=O)cc1Cl. The Morgan fingerprint density at radius 1 is 1.42 bits per heavy atom. The third kappa shape index (κ3) is 3.38. The molecule has 1 aliphatic heterocycles. The summed E-state index contributed by atoms with van der Waals surface area (Å²) in [5.41, 5.74) is 6.41. The van der Waals surface area contributed by atoms with E-state index < -0.39 is 6.04 Å². The Balaban J connectivity index is 2.07. The minimum absolute atomic E-state index is 0.132. The number of benzene rings is 1. The molecule has 2 amide bonds. The zero-order valence-corrected chi connectivity index (χ0v) is 11.2. The van der Waals surface area contributed by atoms with Crippen LogP contribution in [0.1, 0.15) is 29.6 Å². The number of carbonyl (C=O) groups is 2. The Bertz CT molecular complexity index is 505. The van der Waals surface area contributed by atoms with E-state index in [0.717, 1.165) is 12.8 Å². The summed E-state index contributed by atoms with van der Waals surface area (Å²) in [7, 11) is 0. The molecule has 5 nitrogen and oxygen atoms in total. The second kappa shape index (κ2) is 5.93. The Morgan fingerprint density at radius 2 is 2.21 bits per heavy atom. The number of amides is 2. The topological polar surface area (TPSA) is 84.2 Å². The van der Waals surface area contributed by atoms with E-state index in [2.05, 4.69) is 10.6 Å². The van der Waals surface area contributed by atoms with Gasteiger partial charge in [0.15, 0.2) is 0 Å². The van der Waals surface area contributed by atoms with Crippen LogP contribution in [-0.2, 0) is 4.79 Å². The molecule has 0 bridgehead atoms. The molecular weight excluding hydrogens is 266 g/mol. The van der Waals surface area contributed by atoms with Crippen molar-refractivity contribution in [2.75, 3.05) is 12.3 Å². The van der Waals surface area contributed by atoms with Crippen molar-refractivity contribution in [3.8, 4) is 0 Å². The second-order valence-electron chi connectivity index (χ2n) is 4.55. The molecule has 4 N–H and O–H groups in total. The Hall–Kier alpha value is -1.75. The highest BCUT2D eigenvalue weighted by Gasteiger charge is 2.22. The highest BCUT2D eigenvalue weighted by molar-refractivity contribution is 6.33. The molecule has 0 saturated carbocycles. The van der Waals surface area contributed by atoms with E-state index in [1.165, 1.54) is 6.07 Å². The van der Waals surface area contributed by atoms with E-state index in [1.54, 1.807) is 12.1 Å². The van der Waals surface area contributed by atoms with Crippen molar-refractivity contribution in [1.29, 1.82) is 0 Å². The first-order valence-electron chi connectivity index (χ1n) is 6.21. The molecule has 1 aliphatic rings. The summed E-state index contributed by atoms with van der Waals surface area (Å²) in [6, 6.07) is 4.18. The normalized spacial score (nSPS) is 19.4. The first kappa shape index (κ1) is 13.7. The van der Waals surface area contributed by atoms with Crippen LogP contribution in [-0.4, -0.2) is 24.4 Å². The number of anilines is 1. The van der Waals surface area contributed by atoms with Gasteiger partial charge in [-0.1, -0.05) is 11.6 Å². The molecule has 102 valence electrons. The summed E-state index contributed by atoms with van der Waals surface area (Å²) in [5, 5.41) is 5.82. The Labute approximate surface area is 116 Å². The summed E-state index contributed by atoms with van der Waals surface area (Å²) in [6.07, 6.45) is 2.50. The molecule has 0 radical (unpaired) electrons. The molecule has 19 heavy (non-hydrogen) atoms. The van der Waals surface area contributed by atoms with E-state index in [-0.39, 0.29) is 11.8 Å². The van der Waals surface area contributed by atoms with E-state index in [9.17, 15) is 9.59 Å². The molecule has 1 aromatic rings. The summed E-state index contributed by atoms with van der Waals surface area (Å²) >= 11 is 5.87. The molecule has 0 aliphatic carbocycles. The average molecular weight is 282 g/mol. The van der Waals surface area contributed by atoms with Crippen molar-refractivity contribution in [3.63, 3.8) is 0 Å². The van der Waals surface area contributed by atoms with Gasteiger partial charge in [-0.2, -0.15) is 0 Å². The van der Waals surface area contributed by atoms with E-state index >= 15 is 0 Å². The van der Waals surface area contributed by atoms with Gasteiger partial charge in [0.25, 0.3) is 5.91 Å². The minimum atomic E-state index is -0.480. The maximum absolute atomic E-state index is 12.0. The number of hydrogen-bond acceptors (Lipinski definition) is 3. The zero-order valence-electron chi connectivity index (χ0n) is 10.4. The monoisotopic (exact) mass is 281 g/mol. The van der Waals surface area contributed by atoms with Gasteiger partial charge in [-0.15, -0.1) is 0 Å². The van der Waals surface area contributed by atoms with Crippen LogP contribution in [0.25, 0.3) is 0 Å². The van der Waals surface area contributed by atoms with Crippen molar-refractivity contribution in [3.05, 3.63) is 28.8 Å². The molecular formula is C13H16ClN3O2. The molecule has 1 aromatic carbocycles. The molecule has 6 heteroatoms. The molecule has 1 fully saturated rings. The van der Waals surface area contributed by atoms with E-state index in [0.29, 0.717) is 29.2 Å². The molecule has 2 rings (SSSR count). The van der Waals surface area contributed by atoms with Gasteiger partial charge in [-0.05, 0) is 37.5 Å². The number of nitrogens with one attached hydrogen (secondary N) is 2. The third-order valence-corrected chi connectivity index (χ3v) is 3.43. The van der Waals surface area contributed by atoms with Gasteiger partial charge in [-0.25, -0.2) is 0 Å². The predicted octanol–water partition coefficient (Wildman–Crippen LogP) is 1.32. The Kier molecular flexibility index (Phi) is 4.27. The highest BCUT2D eigenvalue weighted by Crippen LogP contribution is 2.19. The maximum Gasteiger partial charge on any atom is 0.251 e. The van der Waals surface area contributed by atoms with Crippen LogP contribution in [0, 0.1) is 0 Å². The molecule has 1 atom stereocenters. The summed E-state index contributed by atoms with van der Waals surface area (Å²) < 4.78 is 0. The number of nitrogen functional groups attached to an aromatic ring is 1. The van der Waals surface area contributed by atoms with Crippen molar-refractivity contribution in [2.45, 2.75) is 25.3 Å². The minimum Gasteiger partial charge on any atom is -0.398 e. The van der Waals surface area contributed by atoms with Crippen LogP contribution in [0.5, 0.6) is 0 Å². The second-order valence-corrected chi connectivity index (χ2v) is 4.96. The smallest absolute Gasteiger partial charge is 0.251 e. The quantitative estimate of drug-likeness (QED) is 0.715. The van der Waals surface area contributed by atoms with E-state index in [4.69, 9.17) is 17.3 Å². The lowest BCUT2D eigenvalue weighted by molar-refractivity contribution is -0.122. The first-order valence-corrected chi connectivity index (χ1v) is 6.59. The third-order valence-electron chi connectivity index (χ3n) is 3.10. The lowest BCUT2D eigenvalue weighted by atomic mass is 10.1. The summed E-state index contributed by atoms with van der Waals surface area (Å²) in [5.74, 6) is -0.448. The fourth-order valence-corrected chi connectivity index (χ4v) is 2.17. The average Bonchev–Trinajstić information content (AvgIpc) is 2.58. The predicted molar refractivity (Wildman–Crippen MR) is 74.0 cm³/mol. The fraction of sp³-hybridized carbons (Fsp3) is 0.385. The lowest BCUT2D eigenvalue weighted by Crippen LogP contribution is -2.45. The number of rotatable bonds is 2. The molecule has 0 aromatic heterocycles. The van der Waals surface area contributed by atoms with Crippen molar-refractivity contribution >= 4 is 29.1 Å². The molecule has 0 spiro atoms. The van der Waals surface area contributed by atoms with Gasteiger partial charge in [0, 0.05) is 12.1 Å².